The van der Waals surface area contributed by atoms with E-state index in [9.17, 15) is 4.79 Å². The van der Waals surface area contributed by atoms with Crippen molar-refractivity contribution in [2.75, 3.05) is 11.9 Å². The van der Waals surface area contributed by atoms with E-state index in [2.05, 4.69) is 11.4 Å². The molecule has 0 saturated heterocycles. The SMILES string of the molecule is Cc1ccc(NC(=O)C2COc3ccccc3C2)c(C)c1. The van der Waals surface area contributed by atoms with Gasteiger partial charge in [0, 0.05) is 5.69 Å². The summed E-state index contributed by atoms with van der Waals surface area (Å²) in [5, 5.41) is 3.02. The topological polar surface area (TPSA) is 38.3 Å². The molecule has 2 aromatic rings. The Morgan fingerprint density at radius 2 is 2.00 bits per heavy atom. The van der Waals surface area contributed by atoms with E-state index < -0.39 is 0 Å². The summed E-state index contributed by atoms with van der Waals surface area (Å²) in [5.41, 5.74) is 4.26. The summed E-state index contributed by atoms with van der Waals surface area (Å²) in [6.07, 6.45) is 0.729. The van der Waals surface area contributed by atoms with Gasteiger partial charge in [-0.2, -0.15) is 0 Å². The second kappa shape index (κ2) is 5.60. The monoisotopic (exact) mass is 281 g/mol. The summed E-state index contributed by atoms with van der Waals surface area (Å²) in [4.78, 5) is 12.4. The van der Waals surface area contributed by atoms with Crippen LogP contribution in [0.4, 0.5) is 5.69 Å². The molecule has 1 aliphatic rings. The molecule has 0 aromatic heterocycles. The van der Waals surface area contributed by atoms with Crippen LogP contribution in [0.5, 0.6) is 5.75 Å². The van der Waals surface area contributed by atoms with Gasteiger partial charge < -0.3 is 10.1 Å². The molecule has 1 amide bonds. The second-order valence-corrected chi connectivity index (χ2v) is 5.63. The van der Waals surface area contributed by atoms with Crippen LogP contribution in [-0.4, -0.2) is 12.5 Å². The fourth-order valence-corrected chi connectivity index (χ4v) is 2.69. The zero-order valence-corrected chi connectivity index (χ0v) is 12.3. The van der Waals surface area contributed by atoms with E-state index in [1.54, 1.807) is 0 Å². The summed E-state index contributed by atoms with van der Waals surface area (Å²) in [6, 6.07) is 13.9. The molecular formula is C18H19NO2. The van der Waals surface area contributed by atoms with Crippen molar-refractivity contribution in [1.29, 1.82) is 0 Å². The Kier molecular flexibility index (Phi) is 3.65. The van der Waals surface area contributed by atoms with Crippen LogP contribution in [0.3, 0.4) is 0 Å². The third-order valence-electron chi connectivity index (χ3n) is 3.89. The van der Waals surface area contributed by atoms with Gasteiger partial charge in [0.05, 0.1) is 5.92 Å². The number of fused-ring (bicyclic) bond motifs is 1. The molecule has 108 valence electrons. The van der Waals surface area contributed by atoms with Crippen LogP contribution in [0, 0.1) is 19.8 Å². The van der Waals surface area contributed by atoms with Crippen LogP contribution in [0.15, 0.2) is 42.5 Å². The van der Waals surface area contributed by atoms with Crippen LogP contribution < -0.4 is 10.1 Å². The van der Waals surface area contributed by atoms with Gasteiger partial charge in [-0.05, 0) is 43.5 Å². The Balaban J connectivity index is 1.72. The van der Waals surface area contributed by atoms with Crippen molar-refractivity contribution in [2.24, 2.45) is 5.92 Å². The van der Waals surface area contributed by atoms with Gasteiger partial charge in [-0.15, -0.1) is 0 Å². The largest absolute Gasteiger partial charge is 0.492 e. The number of ether oxygens (including phenoxy) is 1. The second-order valence-electron chi connectivity index (χ2n) is 5.63. The highest BCUT2D eigenvalue weighted by Gasteiger charge is 2.26. The summed E-state index contributed by atoms with van der Waals surface area (Å²) in [5.74, 6) is 0.783. The number of hydrogen-bond donors (Lipinski definition) is 1. The molecule has 21 heavy (non-hydrogen) atoms. The van der Waals surface area contributed by atoms with Gasteiger partial charge in [-0.1, -0.05) is 35.9 Å². The molecule has 1 atom stereocenters. The van der Waals surface area contributed by atoms with Gasteiger partial charge in [0.1, 0.15) is 12.4 Å². The zero-order chi connectivity index (χ0) is 14.8. The molecule has 1 aliphatic heterocycles. The zero-order valence-electron chi connectivity index (χ0n) is 12.3. The van der Waals surface area contributed by atoms with Gasteiger partial charge in [-0.3, -0.25) is 4.79 Å². The lowest BCUT2D eigenvalue weighted by molar-refractivity contribution is -0.121. The van der Waals surface area contributed by atoms with E-state index in [0.717, 1.165) is 29.0 Å². The van der Waals surface area contributed by atoms with Crippen molar-refractivity contribution >= 4 is 11.6 Å². The molecule has 0 fully saturated rings. The Bertz CT molecular complexity index is 679. The Hall–Kier alpha value is -2.29. The molecule has 0 aliphatic carbocycles. The molecule has 3 rings (SSSR count). The van der Waals surface area contributed by atoms with Gasteiger partial charge in [0.15, 0.2) is 0 Å². The van der Waals surface area contributed by atoms with E-state index in [1.807, 2.05) is 50.2 Å². The molecule has 2 aromatic carbocycles. The van der Waals surface area contributed by atoms with Crippen LogP contribution in [0.25, 0.3) is 0 Å². The molecule has 3 heteroatoms. The maximum atomic E-state index is 12.4. The lowest BCUT2D eigenvalue weighted by atomic mass is 9.96. The van der Waals surface area contributed by atoms with Gasteiger partial charge >= 0.3 is 0 Å². The fourth-order valence-electron chi connectivity index (χ4n) is 2.69. The molecule has 0 bridgehead atoms. The maximum absolute atomic E-state index is 12.4. The molecule has 0 radical (unpaired) electrons. The molecular weight excluding hydrogens is 262 g/mol. The van der Waals surface area contributed by atoms with Crippen molar-refractivity contribution in [3.8, 4) is 5.75 Å². The van der Waals surface area contributed by atoms with Crippen LogP contribution >= 0.6 is 0 Å². The number of para-hydroxylation sites is 1. The molecule has 3 nitrogen and oxygen atoms in total. The number of carbonyl (C=O) groups is 1. The molecule has 0 spiro atoms. The highest BCUT2D eigenvalue weighted by atomic mass is 16.5. The van der Waals surface area contributed by atoms with E-state index in [1.165, 1.54) is 5.56 Å². The predicted molar refractivity (Wildman–Crippen MR) is 83.7 cm³/mol. The smallest absolute Gasteiger partial charge is 0.231 e. The quantitative estimate of drug-likeness (QED) is 0.915. The van der Waals surface area contributed by atoms with Crippen LogP contribution in [0.2, 0.25) is 0 Å². The number of nitrogens with one attached hydrogen (secondary N) is 1. The number of carbonyl (C=O) groups excluding carboxylic acids is 1. The minimum Gasteiger partial charge on any atom is -0.492 e. The van der Waals surface area contributed by atoms with Crippen molar-refractivity contribution in [2.45, 2.75) is 20.3 Å². The highest BCUT2D eigenvalue weighted by molar-refractivity contribution is 5.93. The molecule has 0 saturated carbocycles. The summed E-state index contributed by atoms with van der Waals surface area (Å²) in [7, 11) is 0. The summed E-state index contributed by atoms with van der Waals surface area (Å²) >= 11 is 0. The average Bonchev–Trinajstić information content (AvgIpc) is 2.49. The summed E-state index contributed by atoms with van der Waals surface area (Å²) in [6.45, 7) is 4.49. The third kappa shape index (κ3) is 2.92. The number of aryl methyl sites for hydroxylation is 2. The first-order chi connectivity index (χ1) is 10.1. The number of amides is 1. The van der Waals surface area contributed by atoms with Crippen molar-refractivity contribution in [3.05, 3.63) is 59.2 Å². The fraction of sp³-hybridized carbons (Fsp3) is 0.278. The minimum atomic E-state index is -0.138. The Morgan fingerprint density at radius 3 is 2.81 bits per heavy atom. The highest BCUT2D eigenvalue weighted by Crippen LogP contribution is 2.27. The normalized spacial score (nSPS) is 16.8. The van der Waals surface area contributed by atoms with Crippen molar-refractivity contribution in [1.82, 2.24) is 0 Å². The maximum Gasteiger partial charge on any atom is 0.231 e. The average molecular weight is 281 g/mol. The Morgan fingerprint density at radius 1 is 1.19 bits per heavy atom. The van der Waals surface area contributed by atoms with Crippen LogP contribution in [0.1, 0.15) is 16.7 Å². The number of anilines is 1. The Labute approximate surface area is 124 Å². The molecule has 1 heterocycles. The number of benzene rings is 2. The van der Waals surface area contributed by atoms with Crippen molar-refractivity contribution < 1.29 is 9.53 Å². The van der Waals surface area contributed by atoms with Gasteiger partial charge in [0.2, 0.25) is 5.91 Å². The lowest BCUT2D eigenvalue weighted by Gasteiger charge is -2.24. The standard InChI is InChI=1S/C18H19NO2/c1-12-7-8-16(13(2)9-12)19-18(20)15-10-14-5-3-4-6-17(14)21-11-15/h3-9,15H,10-11H2,1-2H3,(H,19,20). The molecule has 1 N–H and O–H groups in total. The first-order valence-corrected chi connectivity index (χ1v) is 7.22. The minimum absolute atomic E-state index is 0.0245. The van der Waals surface area contributed by atoms with Crippen molar-refractivity contribution in [3.63, 3.8) is 0 Å². The van der Waals surface area contributed by atoms with E-state index in [0.29, 0.717) is 6.61 Å². The third-order valence-corrected chi connectivity index (χ3v) is 3.89. The first kappa shape index (κ1) is 13.7. The van der Waals surface area contributed by atoms with E-state index in [-0.39, 0.29) is 11.8 Å². The van der Waals surface area contributed by atoms with E-state index >= 15 is 0 Å². The first-order valence-electron chi connectivity index (χ1n) is 7.22. The van der Waals surface area contributed by atoms with Crippen LogP contribution in [-0.2, 0) is 11.2 Å². The van der Waals surface area contributed by atoms with E-state index in [4.69, 9.17) is 4.74 Å². The van der Waals surface area contributed by atoms with Gasteiger partial charge in [0.25, 0.3) is 0 Å². The molecule has 1 unspecified atom stereocenters. The number of hydrogen-bond acceptors (Lipinski definition) is 2. The predicted octanol–water partition coefficient (Wildman–Crippen LogP) is 3.49. The van der Waals surface area contributed by atoms with Gasteiger partial charge in [-0.25, -0.2) is 0 Å². The summed E-state index contributed by atoms with van der Waals surface area (Å²) < 4.78 is 5.68. The number of rotatable bonds is 2. The lowest BCUT2D eigenvalue weighted by Crippen LogP contribution is -2.32.